The summed E-state index contributed by atoms with van der Waals surface area (Å²) in [6, 6.07) is 9.13. The smallest absolute Gasteiger partial charge is 1.00 e. The molecular formula is C23H30F2Zr. The Hall–Kier alpha value is -0.817. The van der Waals surface area contributed by atoms with Crippen LogP contribution in [0.5, 0.6) is 0 Å². The molecule has 0 N–H and O–H groups in total. The van der Waals surface area contributed by atoms with Crippen LogP contribution < -0.4 is 9.41 Å². The average molecular weight is 436 g/mol. The van der Waals surface area contributed by atoms with E-state index in [0.717, 1.165) is 3.63 Å². The molecule has 2 aliphatic rings. The number of hydrogen-bond donors (Lipinski definition) is 0. The van der Waals surface area contributed by atoms with E-state index >= 15 is 0 Å². The van der Waals surface area contributed by atoms with Gasteiger partial charge in [-0.25, -0.2) is 0 Å². The third-order valence-corrected chi connectivity index (χ3v) is 11.7. The number of allylic oxidation sites excluding steroid dienone is 5. The molecule has 1 atom stereocenters. The molecule has 0 bridgehead atoms. The molecule has 0 saturated heterocycles. The van der Waals surface area contributed by atoms with Gasteiger partial charge in [0, 0.05) is 0 Å². The molecular weight excluding hydrogens is 405 g/mol. The summed E-state index contributed by atoms with van der Waals surface area (Å²) in [7, 11) is 0. The fourth-order valence-corrected chi connectivity index (χ4v) is 9.28. The van der Waals surface area contributed by atoms with Gasteiger partial charge in [-0.3, -0.25) is 0 Å². The van der Waals surface area contributed by atoms with Crippen molar-refractivity contribution in [2.45, 2.75) is 64.4 Å². The molecule has 0 nitrogen and oxygen atoms in total. The Morgan fingerprint density at radius 2 is 1.65 bits per heavy atom. The number of benzene rings is 1. The zero-order valence-electron chi connectivity index (χ0n) is 16.8. The number of fused-ring (bicyclic) bond motifs is 1. The average Bonchev–Trinajstić information content (AvgIpc) is 2.98. The minimum Gasteiger partial charge on any atom is -1.00 e. The number of unbranched alkanes of at least 4 members (excludes halogenated alkanes) is 1. The first-order chi connectivity index (χ1) is 11.4. The first kappa shape index (κ1) is 23.2. The maximum atomic E-state index is 2.52. The third kappa shape index (κ3) is 3.89. The van der Waals surface area contributed by atoms with Crippen LogP contribution in [-0.4, -0.2) is 0 Å². The van der Waals surface area contributed by atoms with E-state index < -0.39 is 23.2 Å². The van der Waals surface area contributed by atoms with Crippen LogP contribution in [0.4, 0.5) is 0 Å². The Morgan fingerprint density at radius 1 is 1.00 bits per heavy atom. The van der Waals surface area contributed by atoms with Crippen molar-refractivity contribution in [2.24, 2.45) is 5.41 Å². The van der Waals surface area contributed by atoms with Gasteiger partial charge in [0.15, 0.2) is 0 Å². The van der Waals surface area contributed by atoms with Gasteiger partial charge in [0.1, 0.15) is 0 Å². The van der Waals surface area contributed by atoms with Crippen LogP contribution in [0, 0.1) is 5.41 Å². The summed E-state index contributed by atoms with van der Waals surface area (Å²) in [5.74, 6) is 0. The molecule has 1 aromatic rings. The fraction of sp³-hybridized carbons (Fsp3) is 0.478. The monoisotopic (exact) mass is 434 g/mol. The van der Waals surface area contributed by atoms with Crippen molar-refractivity contribution in [3.8, 4) is 0 Å². The zero-order valence-corrected chi connectivity index (χ0v) is 19.3. The molecule has 0 saturated carbocycles. The van der Waals surface area contributed by atoms with Crippen LogP contribution in [0.1, 0.15) is 75.6 Å². The molecule has 1 aromatic carbocycles. The summed E-state index contributed by atoms with van der Waals surface area (Å²) >= 11 is -0.712. The molecule has 0 spiro atoms. The topological polar surface area (TPSA) is 0 Å². The van der Waals surface area contributed by atoms with Crippen LogP contribution in [0.3, 0.4) is 0 Å². The quantitative estimate of drug-likeness (QED) is 0.649. The number of rotatable bonds is 5. The molecule has 0 radical (unpaired) electrons. The SMILES string of the molecule is CCCCC1=Cc2ccccc2[CH]1[Zr+2][C]1=C(C)C(C)=C(C)C1(C)C.[F-].[F-]. The maximum Gasteiger partial charge on any atom is -1.00 e. The minimum atomic E-state index is -0.712. The van der Waals surface area contributed by atoms with E-state index in [2.05, 4.69) is 71.9 Å². The molecule has 3 rings (SSSR count). The van der Waals surface area contributed by atoms with E-state index in [0.29, 0.717) is 0 Å². The Morgan fingerprint density at radius 3 is 2.23 bits per heavy atom. The van der Waals surface area contributed by atoms with E-state index in [1.54, 1.807) is 27.9 Å². The van der Waals surface area contributed by atoms with Crippen LogP contribution in [0.2, 0.25) is 0 Å². The molecule has 26 heavy (non-hydrogen) atoms. The van der Waals surface area contributed by atoms with E-state index in [1.165, 1.54) is 24.8 Å². The van der Waals surface area contributed by atoms with E-state index in [9.17, 15) is 0 Å². The van der Waals surface area contributed by atoms with Gasteiger partial charge in [-0.2, -0.15) is 0 Å². The van der Waals surface area contributed by atoms with E-state index in [-0.39, 0.29) is 14.8 Å². The Bertz CT molecular complexity index is 753. The molecule has 3 heteroatoms. The summed E-state index contributed by atoms with van der Waals surface area (Å²) < 4.78 is 2.57. The van der Waals surface area contributed by atoms with Crippen molar-refractivity contribution < 1.29 is 32.6 Å². The van der Waals surface area contributed by atoms with Crippen LogP contribution in [-0.2, 0) is 23.2 Å². The van der Waals surface area contributed by atoms with Gasteiger partial charge in [0.25, 0.3) is 0 Å². The second-order valence-electron chi connectivity index (χ2n) is 7.90. The first-order valence-corrected chi connectivity index (χ1v) is 12.0. The molecule has 1 unspecified atom stereocenters. The summed E-state index contributed by atoms with van der Waals surface area (Å²) in [6.45, 7) is 14.3. The zero-order chi connectivity index (χ0) is 17.5. The molecule has 0 amide bonds. The van der Waals surface area contributed by atoms with Crippen molar-refractivity contribution in [2.75, 3.05) is 0 Å². The molecule has 0 aromatic heterocycles. The third-order valence-electron chi connectivity index (χ3n) is 6.19. The predicted octanol–water partition coefficient (Wildman–Crippen LogP) is 1.06. The standard InChI is InChI=1S/C13H15.C10H15.2FH.Zr/c1-2-3-6-11-9-12-7-4-5-8-13(12)10-11;1-7-6-10(4,5)9(3)8(7)2;;;/h4-5,7-10H,2-3,6H2,1H3;1-5H3;2*1H;/q;;;;+2/p-2. The van der Waals surface area contributed by atoms with Gasteiger partial charge in [-0.15, -0.1) is 0 Å². The summed E-state index contributed by atoms with van der Waals surface area (Å²) in [5.41, 5.74) is 9.89. The van der Waals surface area contributed by atoms with Gasteiger partial charge >= 0.3 is 160 Å². The van der Waals surface area contributed by atoms with Crippen molar-refractivity contribution in [3.63, 3.8) is 0 Å². The van der Waals surface area contributed by atoms with Gasteiger partial charge in [0.05, 0.1) is 0 Å². The van der Waals surface area contributed by atoms with Crippen LogP contribution in [0.15, 0.2) is 49.8 Å². The van der Waals surface area contributed by atoms with Gasteiger partial charge in [0.2, 0.25) is 0 Å². The maximum absolute atomic E-state index is 2.52. The normalized spacial score (nSPS) is 20.2. The number of hydrogen-bond acceptors (Lipinski definition) is 0. The Labute approximate surface area is 169 Å². The van der Waals surface area contributed by atoms with Crippen molar-refractivity contribution >= 4 is 6.08 Å². The second-order valence-corrected chi connectivity index (χ2v) is 11.3. The minimum absolute atomic E-state index is 0. The van der Waals surface area contributed by atoms with Crippen LogP contribution >= 0.6 is 0 Å². The van der Waals surface area contributed by atoms with Gasteiger partial charge in [-0.1, -0.05) is 0 Å². The Kier molecular flexibility index (Phi) is 7.96. The predicted molar refractivity (Wildman–Crippen MR) is 102 cm³/mol. The molecule has 2 aliphatic carbocycles. The second kappa shape index (κ2) is 8.91. The summed E-state index contributed by atoms with van der Waals surface area (Å²) in [4.78, 5) is 0. The molecule has 0 fully saturated rings. The largest absolute Gasteiger partial charge is 1.00 e. The Balaban J connectivity index is 0.00000169. The van der Waals surface area contributed by atoms with Crippen molar-refractivity contribution in [1.82, 2.24) is 0 Å². The van der Waals surface area contributed by atoms with Crippen LogP contribution in [0.25, 0.3) is 6.08 Å². The van der Waals surface area contributed by atoms with Gasteiger partial charge in [-0.05, 0) is 0 Å². The molecule has 140 valence electrons. The summed E-state index contributed by atoms with van der Waals surface area (Å²) in [6.07, 6.45) is 6.42. The molecule has 0 heterocycles. The summed E-state index contributed by atoms with van der Waals surface area (Å²) in [5, 5.41) is 0. The van der Waals surface area contributed by atoms with E-state index in [1.807, 2.05) is 3.28 Å². The van der Waals surface area contributed by atoms with Gasteiger partial charge < -0.3 is 9.41 Å². The number of halogens is 2. The first-order valence-electron chi connectivity index (χ1n) is 9.33. The van der Waals surface area contributed by atoms with Crippen molar-refractivity contribution in [1.29, 1.82) is 0 Å². The van der Waals surface area contributed by atoms with Crippen molar-refractivity contribution in [3.05, 3.63) is 61.0 Å². The van der Waals surface area contributed by atoms with E-state index in [4.69, 9.17) is 0 Å². The molecule has 0 aliphatic heterocycles. The fourth-order valence-electron chi connectivity index (χ4n) is 4.18.